The summed E-state index contributed by atoms with van der Waals surface area (Å²) < 4.78 is 1.14. The summed E-state index contributed by atoms with van der Waals surface area (Å²) in [5.74, 6) is -0.896. The van der Waals surface area contributed by atoms with Gasteiger partial charge in [-0.15, -0.1) is 11.3 Å². The van der Waals surface area contributed by atoms with Gasteiger partial charge in [-0.05, 0) is 43.3 Å². The highest BCUT2D eigenvalue weighted by molar-refractivity contribution is 7.20. The van der Waals surface area contributed by atoms with E-state index in [4.69, 9.17) is 11.6 Å². The molecule has 5 heteroatoms. The molecule has 2 aromatic rings. The first-order chi connectivity index (χ1) is 10.1. The monoisotopic (exact) mass is 323 g/mol. The molecule has 1 aliphatic rings. The number of fused-ring (bicyclic) bond motifs is 1. The van der Waals surface area contributed by atoms with E-state index < -0.39 is 5.97 Å². The van der Waals surface area contributed by atoms with Crippen molar-refractivity contribution in [1.82, 2.24) is 4.90 Å². The number of halogens is 1. The molecule has 2 heterocycles. The second-order valence-electron chi connectivity index (χ2n) is 5.68. The van der Waals surface area contributed by atoms with Gasteiger partial charge in [0.2, 0.25) is 0 Å². The summed E-state index contributed by atoms with van der Waals surface area (Å²) in [6, 6.07) is 6.01. The van der Waals surface area contributed by atoms with Crippen molar-refractivity contribution in [3.63, 3.8) is 0 Å². The number of carboxylic acid groups (broad SMARTS) is 1. The number of carboxylic acids is 1. The third-order valence-corrected chi connectivity index (χ3v) is 5.99. The molecule has 3 nitrogen and oxygen atoms in total. The molecule has 1 unspecified atom stereocenters. The van der Waals surface area contributed by atoms with Gasteiger partial charge in [0.1, 0.15) is 0 Å². The molecule has 0 spiro atoms. The summed E-state index contributed by atoms with van der Waals surface area (Å²) in [4.78, 5) is 14.7. The van der Waals surface area contributed by atoms with Crippen LogP contribution in [0.3, 0.4) is 0 Å². The lowest BCUT2D eigenvalue weighted by Gasteiger charge is -2.30. The zero-order chi connectivity index (χ0) is 15.0. The van der Waals surface area contributed by atoms with Crippen LogP contribution in [0.25, 0.3) is 10.1 Å². The first-order valence-corrected chi connectivity index (χ1v) is 8.37. The maximum absolute atomic E-state index is 11.2. The fourth-order valence-corrected chi connectivity index (χ4v) is 4.56. The molecule has 1 saturated heterocycles. The minimum absolute atomic E-state index is 0.225. The van der Waals surface area contributed by atoms with Crippen molar-refractivity contribution in [2.45, 2.75) is 26.3 Å². The van der Waals surface area contributed by atoms with Gasteiger partial charge in [0, 0.05) is 18.0 Å². The topological polar surface area (TPSA) is 40.5 Å². The number of piperidine rings is 1. The van der Waals surface area contributed by atoms with Crippen LogP contribution in [-0.2, 0) is 11.3 Å². The van der Waals surface area contributed by atoms with Crippen LogP contribution in [0.1, 0.15) is 23.3 Å². The summed E-state index contributed by atoms with van der Waals surface area (Å²) >= 11 is 8.00. The molecule has 3 rings (SSSR count). The summed E-state index contributed by atoms with van der Waals surface area (Å²) in [5, 5.41) is 11.2. The average Bonchev–Trinajstić information content (AvgIpc) is 2.78. The van der Waals surface area contributed by atoms with Gasteiger partial charge in [0.25, 0.3) is 0 Å². The van der Waals surface area contributed by atoms with Gasteiger partial charge in [-0.1, -0.05) is 23.7 Å². The lowest BCUT2D eigenvalue weighted by atomic mass is 9.98. The van der Waals surface area contributed by atoms with Crippen molar-refractivity contribution in [2.75, 3.05) is 13.1 Å². The summed E-state index contributed by atoms with van der Waals surface area (Å²) in [5.41, 5.74) is 1.27. The molecule has 1 aliphatic heterocycles. The number of benzene rings is 1. The Morgan fingerprint density at radius 3 is 3.05 bits per heavy atom. The molecule has 1 N–H and O–H groups in total. The molecule has 0 amide bonds. The molecule has 0 aliphatic carbocycles. The van der Waals surface area contributed by atoms with Crippen molar-refractivity contribution < 1.29 is 9.90 Å². The zero-order valence-corrected chi connectivity index (χ0v) is 13.5. The molecule has 112 valence electrons. The Morgan fingerprint density at radius 2 is 2.33 bits per heavy atom. The molecular weight excluding hydrogens is 306 g/mol. The Hall–Kier alpha value is -1.10. The number of hydrogen-bond acceptors (Lipinski definition) is 3. The maximum atomic E-state index is 11.2. The van der Waals surface area contributed by atoms with Crippen molar-refractivity contribution >= 4 is 39.0 Å². The number of aryl methyl sites for hydroxylation is 1. The van der Waals surface area contributed by atoms with E-state index in [2.05, 4.69) is 17.9 Å². The molecule has 0 bridgehead atoms. The number of hydrogen-bond donors (Lipinski definition) is 1. The van der Waals surface area contributed by atoms with E-state index in [-0.39, 0.29) is 5.92 Å². The van der Waals surface area contributed by atoms with Gasteiger partial charge < -0.3 is 5.11 Å². The minimum atomic E-state index is -0.671. The molecule has 1 aromatic heterocycles. The Labute approximate surface area is 133 Å². The van der Waals surface area contributed by atoms with E-state index in [1.165, 1.54) is 15.8 Å². The summed E-state index contributed by atoms with van der Waals surface area (Å²) in [6.45, 7) is 4.58. The molecular formula is C16H18ClNO2S. The van der Waals surface area contributed by atoms with Gasteiger partial charge in [0.15, 0.2) is 0 Å². The molecule has 1 aromatic carbocycles. The van der Waals surface area contributed by atoms with Crippen LogP contribution >= 0.6 is 22.9 Å². The maximum Gasteiger partial charge on any atom is 0.307 e. The zero-order valence-electron chi connectivity index (χ0n) is 11.9. The fraction of sp³-hybridized carbons (Fsp3) is 0.438. The van der Waals surface area contributed by atoms with Gasteiger partial charge in [-0.25, -0.2) is 0 Å². The predicted molar refractivity (Wildman–Crippen MR) is 87.2 cm³/mol. The third kappa shape index (κ3) is 2.93. The lowest BCUT2D eigenvalue weighted by Crippen LogP contribution is -2.38. The summed E-state index contributed by atoms with van der Waals surface area (Å²) in [6.07, 6.45) is 1.75. The number of nitrogens with zero attached hydrogens (tertiary/aromatic N) is 1. The van der Waals surface area contributed by atoms with Gasteiger partial charge in [-0.3, -0.25) is 9.69 Å². The highest BCUT2D eigenvalue weighted by atomic mass is 35.5. The van der Waals surface area contributed by atoms with E-state index in [0.717, 1.165) is 35.7 Å². The molecule has 1 atom stereocenters. The van der Waals surface area contributed by atoms with Gasteiger partial charge in [-0.2, -0.15) is 0 Å². The Kier molecular flexibility index (Phi) is 4.20. The number of likely N-dealkylation sites (tertiary alicyclic amines) is 1. The van der Waals surface area contributed by atoms with Crippen LogP contribution in [-0.4, -0.2) is 29.1 Å². The van der Waals surface area contributed by atoms with E-state index in [1.807, 2.05) is 12.1 Å². The largest absolute Gasteiger partial charge is 0.481 e. The molecule has 1 fully saturated rings. The normalized spacial score (nSPS) is 20.0. The Morgan fingerprint density at radius 1 is 1.52 bits per heavy atom. The fourth-order valence-electron chi connectivity index (χ4n) is 3.01. The van der Waals surface area contributed by atoms with E-state index in [1.54, 1.807) is 11.3 Å². The second kappa shape index (κ2) is 5.95. The van der Waals surface area contributed by atoms with Crippen LogP contribution in [0.2, 0.25) is 5.02 Å². The van der Waals surface area contributed by atoms with Crippen molar-refractivity contribution in [3.05, 3.63) is 33.7 Å². The van der Waals surface area contributed by atoms with Crippen molar-refractivity contribution in [3.8, 4) is 0 Å². The Bertz CT molecular complexity index is 682. The van der Waals surface area contributed by atoms with Crippen molar-refractivity contribution in [1.29, 1.82) is 0 Å². The second-order valence-corrected chi connectivity index (χ2v) is 7.19. The van der Waals surface area contributed by atoms with Crippen LogP contribution in [0.15, 0.2) is 18.2 Å². The van der Waals surface area contributed by atoms with Crippen LogP contribution in [0, 0.1) is 12.8 Å². The molecule has 0 radical (unpaired) electrons. The smallest absolute Gasteiger partial charge is 0.307 e. The lowest BCUT2D eigenvalue weighted by molar-refractivity contribution is -0.143. The number of carbonyl (C=O) groups is 1. The van der Waals surface area contributed by atoms with Crippen LogP contribution < -0.4 is 0 Å². The standard InChI is InChI=1S/C16H18ClNO2S/c1-10-12-5-2-6-13(17)15(12)21-14(10)9-18-7-3-4-11(8-18)16(19)20/h2,5-6,11H,3-4,7-9H2,1H3,(H,19,20). The van der Waals surface area contributed by atoms with E-state index >= 15 is 0 Å². The average molecular weight is 324 g/mol. The first-order valence-electron chi connectivity index (χ1n) is 7.18. The number of thiophene rings is 1. The SMILES string of the molecule is Cc1c(CN2CCCC(C(=O)O)C2)sc2c(Cl)cccc12. The minimum Gasteiger partial charge on any atom is -0.481 e. The number of rotatable bonds is 3. The quantitative estimate of drug-likeness (QED) is 0.922. The third-order valence-electron chi connectivity index (χ3n) is 4.24. The summed E-state index contributed by atoms with van der Waals surface area (Å²) in [7, 11) is 0. The predicted octanol–water partition coefficient (Wildman–Crippen LogP) is 4.16. The van der Waals surface area contributed by atoms with Crippen molar-refractivity contribution in [2.24, 2.45) is 5.92 Å². The van der Waals surface area contributed by atoms with Gasteiger partial charge >= 0.3 is 5.97 Å². The van der Waals surface area contributed by atoms with Crippen LogP contribution in [0.5, 0.6) is 0 Å². The molecule has 21 heavy (non-hydrogen) atoms. The van der Waals surface area contributed by atoms with E-state index in [0.29, 0.717) is 6.54 Å². The van der Waals surface area contributed by atoms with E-state index in [9.17, 15) is 9.90 Å². The Balaban J connectivity index is 1.83. The van der Waals surface area contributed by atoms with Gasteiger partial charge in [0.05, 0.1) is 15.6 Å². The highest BCUT2D eigenvalue weighted by Gasteiger charge is 2.26. The molecule has 0 saturated carbocycles. The first kappa shape index (κ1) is 14.8. The van der Waals surface area contributed by atoms with Crippen LogP contribution in [0.4, 0.5) is 0 Å². The highest BCUT2D eigenvalue weighted by Crippen LogP contribution is 2.36. The number of aliphatic carboxylic acids is 1.